The molecule has 0 aromatic carbocycles. The second-order valence-electron chi connectivity index (χ2n) is 5.02. The van der Waals surface area contributed by atoms with Gasteiger partial charge in [0.05, 0.1) is 12.8 Å². The molecular formula is C14H18O8Ru. The Kier molecular flexibility index (Phi) is 14.5. The molecule has 0 atom stereocenters. The molecule has 0 aromatic rings. The van der Waals surface area contributed by atoms with Gasteiger partial charge in [-0.15, -0.1) is 0 Å². The predicted molar refractivity (Wildman–Crippen MR) is 69.0 cm³/mol. The van der Waals surface area contributed by atoms with E-state index in [4.69, 9.17) is 0 Å². The van der Waals surface area contributed by atoms with Crippen molar-refractivity contribution in [3.63, 3.8) is 0 Å². The molecule has 0 aliphatic heterocycles. The van der Waals surface area contributed by atoms with E-state index in [0.29, 0.717) is 0 Å². The average Bonchev–Trinajstić information content (AvgIpc) is 2.38. The quantitative estimate of drug-likeness (QED) is 0.247. The number of Topliss-reactive ketones (excluding diaryl/α,β-unsaturated/α-hetero) is 4. The summed E-state index contributed by atoms with van der Waals surface area (Å²) in [4.78, 5) is 61.9. The summed E-state index contributed by atoms with van der Waals surface area (Å²) in [6.07, 6.45) is -1.11. The third-order valence-corrected chi connectivity index (χ3v) is 2.41. The number of hydrogen-bond acceptors (Lipinski definition) is 8. The Labute approximate surface area is 146 Å². The molecule has 9 heteroatoms. The Bertz CT molecular complexity index is 435. The van der Waals surface area contributed by atoms with Crippen LogP contribution in [0.5, 0.6) is 0 Å². The molecule has 0 unspecified atom stereocenters. The minimum absolute atomic E-state index is 0. The Hall–Kier alpha value is -1.76. The van der Waals surface area contributed by atoms with Crippen molar-refractivity contribution < 1.29 is 58.5 Å². The largest absolute Gasteiger partial charge is 2.00 e. The van der Waals surface area contributed by atoms with E-state index < -0.39 is 36.3 Å². The van der Waals surface area contributed by atoms with E-state index >= 15 is 0 Å². The minimum atomic E-state index is -1.79. The Morgan fingerprint density at radius 1 is 0.652 bits per heavy atom. The molecule has 0 radical (unpaired) electrons. The molecule has 0 saturated carbocycles. The number of hydrogen-bond donors (Lipinski definition) is 0. The van der Waals surface area contributed by atoms with Gasteiger partial charge in [0, 0.05) is 11.8 Å². The van der Waals surface area contributed by atoms with E-state index in [1.54, 1.807) is 27.7 Å². The van der Waals surface area contributed by atoms with Crippen molar-refractivity contribution >= 4 is 35.1 Å². The first-order valence-corrected chi connectivity index (χ1v) is 6.43. The van der Waals surface area contributed by atoms with Crippen LogP contribution in [0.3, 0.4) is 0 Å². The molecule has 23 heavy (non-hydrogen) atoms. The van der Waals surface area contributed by atoms with Crippen molar-refractivity contribution in [1.29, 1.82) is 0 Å². The number of carbonyl (C=O) groups excluding carboxylic acids is 6. The van der Waals surface area contributed by atoms with Gasteiger partial charge in [0.25, 0.3) is 0 Å². The Morgan fingerprint density at radius 2 is 0.870 bits per heavy atom. The number of carboxylic acids is 2. The Balaban J connectivity index is -0.000000333. The first-order chi connectivity index (χ1) is 9.89. The van der Waals surface area contributed by atoms with Crippen LogP contribution in [0.2, 0.25) is 0 Å². The van der Waals surface area contributed by atoms with Crippen LogP contribution in [0.1, 0.15) is 40.5 Å². The molecule has 0 aromatic heterocycles. The molecule has 0 aliphatic rings. The maximum absolute atomic E-state index is 10.7. The molecular weight excluding hydrogens is 397 g/mol. The summed E-state index contributed by atoms with van der Waals surface area (Å²) >= 11 is 0. The number of rotatable bonds is 8. The summed E-state index contributed by atoms with van der Waals surface area (Å²) in [6.45, 7) is 6.41. The summed E-state index contributed by atoms with van der Waals surface area (Å²) in [5.41, 5.74) is 0. The fourth-order valence-electron chi connectivity index (χ4n) is 0.869. The summed E-state index contributed by atoms with van der Waals surface area (Å²) in [6, 6.07) is 0. The summed E-state index contributed by atoms with van der Waals surface area (Å²) in [5, 5.41) is 19.7. The second kappa shape index (κ2) is 12.8. The third kappa shape index (κ3) is 13.6. The molecule has 0 aliphatic carbocycles. The van der Waals surface area contributed by atoms with Crippen molar-refractivity contribution in [3.8, 4) is 0 Å². The summed E-state index contributed by atoms with van der Waals surface area (Å²) in [7, 11) is 0. The maximum atomic E-state index is 10.7. The van der Waals surface area contributed by atoms with Gasteiger partial charge in [-0.25, -0.2) is 0 Å². The normalized spacial score (nSPS) is 9.30. The number of ketones is 4. The Morgan fingerprint density at radius 3 is 1.00 bits per heavy atom. The molecule has 0 spiro atoms. The van der Waals surface area contributed by atoms with Gasteiger partial charge in [-0.2, -0.15) is 0 Å². The van der Waals surface area contributed by atoms with E-state index in [2.05, 4.69) is 0 Å². The van der Waals surface area contributed by atoms with Crippen molar-refractivity contribution in [2.75, 3.05) is 0 Å². The fourth-order valence-corrected chi connectivity index (χ4v) is 0.869. The van der Waals surface area contributed by atoms with Crippen LogP contribution in [0.25, 0.3) is 0 Å². The zero-order valence-electron chi connectivity index (χ0n) is 13.2. The fraction of sp³-hybridized carbons (Fsp3) is 0.571. The van der Waals surface area contributed by atoms with E-state index in [-0.39, 0.29) is 42.9 Å². The smallest absolute Gasteiger partial charge is 0.542 e. The molecule has 0 saturated heterocycles. The second-order valence-corrected chi connectivity index (χ2v) is 5.02. The van der Waals surface area contributed by atoms with E-state index in [0.717, 1.165) is 0 Å². The van der Waals surface area contributed by atoms with Crippen LogP contribution in [0.4, 0.5) is 0 Å². The van der Waals surface area contributed by atoms with Crippen LogP contribution in [0, 0.1) is 11.8 Å². The molecule has 8 nitrogen and oxygen atoms in total. The average molecular weight is 415 g/mol. The summed E-state index contributed by atoms with van der Waals surface area (Å²) < 4.78 is 0. The van der Waals surface area contributed by atoms with Gasteiger partial charge >= 0.3 is 19.5 Å². The zero-order valence-corrected chi connectivity index (χ0v) is 14.9. The van der Waals surface area contributed by atoms with Crippen molar-refractivity contribution in [3.05, 3.63) is 0 Å². The molecule has 0 N–H and O–H groups in total. The third-order valence-electron chi connectivity index (χ3n) is 2.41. The first-order valence-electron chi connectivity index (χ1n) is 6.43. The standard InChI is InChI=1S/2C7H10O4.Ru/c2*1-4(2)5(8)3-6(9)7(10)11;/h2*4H,3H2,1-2H3,(H,10,11);/q;;+2/p-2. The van der Waals surface area contributed by atoms with Crippen LogP contribution in [-0.2, 0) is 48.2 Å². The molecule has 0 fully saturated rings. The number of carbonyl (C=O) groups is 6. The van der Waals surface area contributed by atoms with Gasteiger partial charge < -0.3 is 19.8 Å². The molecule has 0 bridgehead atoms. The molecule has 0 heterocycles. The SMILES string of the molecule is CC(C)C(=O)CC(=O)C(=O)[O-].CC(C)C(=O)CC(=O)C(=O)[O-].[Ru+2]. The van der Waals surface area contributed by atoms with Crippen LogP contribution < -0.4 is 10.2 Å². The van der Waals surface area contributed by atoms with Gasteiger partial charge in [0.15, 0.2) is 11.6 Å². The van der Waals surface area contributed by atoms with E-state index in [1.807, 2.05) is 0 Å². The maximum Gasteiger partial charge on any atom is 2.00 e. The monoisotopic (exact) mass is 416 g/mol. The van der Waals surface area contributed by atoms with E-state index in [9.17, 15) is 39.0 Å². The molecule has 0 amide bonds. The topological polar surface area (TPSA) is 149 Å². The van der Waals surface area contributed by atoms with Crippen LogP contribution in [-0.4, -0.2) is 35.1 Å². The van der Waals surface area contributed by atoms with Crippen LogP contribution in [0.15, 0.2) is 0 Å². The van der Waals surface area contributed by atoms with Gasteiger partial charge in [-0.3, -0.25) is 19.2 Å². The van der Waals surface area contributed by atoms with Crippen molar-refractivity contribution in [2.45, 2.75) is 40.5 Å². The van der Waals surface area contributed by atoms with Crippen LogP contribution >= 0.6 is 0 Å². The van der Waals surface area contributed by atoms with Crippen molar-refractivity contribution in [1.82, 2.24) is 0 Å². The molecule has 0 rings (SSSR count). The van der Waals surface area contributed by atoms with Gasteiger partial charge in [-0.05, 0) is 0 Å². The van der Waals surface area contributed by atoms with Gasteiger partial charge in [-0.1, -0.05) is 27.7 Å². The predicted octanol–water partition coefficient (Wildman–Crippen LogP) is -2.16. The molecule has 130 valence electrons. The summed E-state index contributed by atoms with van der Waals surface area (Å²) in [5.74, 6) is -7.25. The number of aliphatic carboxylic acids is 2. The van der Waals surface area contributed by atoms with Crippen molar-refractivity contribution in [2.24, 2.45) is 11.8 Å². The zero-order chi connectivity index (χ0) is 18.0. The van der Waals surface area contributed by atoms with Gasteiger partial charge in [0.2, 0.25) is 0 Å². The first kappa shape index (κ1) is 26.2. The number of carboxylic acid groups (broad SMARTS) is 2. The van der Waals surface area contributed by atoms with Gasteiger partial charge in [0.1, 0.15) is 23.5 Å². The van der Waals surface area contributed by atoms with E-state index in [1.165, 1.54) is 0 Å². The minimum Gasteiger partial charge on any atom is -0.542 e.